The van der Waals surface area contributed by atoms with Crippen molar-refractivity contribution in [2.24, 2.45) is 0 Å². The average molecular weight is 294 g/mol. The first-order chi connectivity index (χ1) is 8.97. The summed E-state index contributed by atoms with van der Waals surface area (Å²) in [6.45, 7) is 3.27. The van der Waals surface area contributed by atoms with Crippen molar-refractivity contribution in [3.63, 3.8) is 0 Å². The van der Waals surface area contributed by atoms with E-state index in [0.29, 0.717) is 5.76 Å². The van der Waals surface area contributed by atoms with E-state index in [9.17, 15) is 18.0 Å². The van der Waals surface area contributed by atoms with Crippen LogP contribution in [0.15, 0.2) is 10.6 Å². The van der Waals surface area contributed by atoms with Gasteiger partial charge in [0.25, 0.3) is 0 Å². The monoisotopic (exact) mass is 294 g/mol. The topological polar surface area (TPSA) is 66.6 Å². The van der Waals surface area contributed by atoms with Crippen molar-refractivity contribution in [2.45, 2.75) is 38.9 Å². The molecule has 0 saturated carbocycles. The maximum Gasteiger partial charge on any atom is 0.401 e. The van der Waals surface area contributed by atoms with Gasteiger partial charge in [0, 0.05) is 5.41 Å². The number of nitrogens with zero attached hydrogens (tertiary/aromatic N) is 2. The molecule has 0 bridgehead atoms. The third-order valence-electron chi connectivity index (χ3n) is 2.41. The molecular weight excluding hydrogens is 277 g/mol. The van der Waals surface area contributed by atoms with Crippen LogP contribution < -0.4 is 0 Å². The maximum absolute atomic E-state index is 12.4. The number of halogens is 3. The van der Waals surface area contributed by atoms with E-state index in [4.69, 9.17) is 9.52 Å². The largest absolute Gasteiger partial charge is 0.480 e. The van der Waals surface area contributed by atoms with Crippen LogP contribution in [0.1, 0.15) is 32.4 Å². The number of aromatic nitrogens is 1. The number of carbonyl (C=O) groups is 1. The molecular formula is C12H17F3N2O3. The lowest BCUT2D eigenvalue weighted by molar-refractivity contribution is -0.155. The van der Waals surface area contributed by atoms with E-state index in [2.05, 4.69) is 4.98 Å². The Bertz CT molecular complexity index is 463. The van der Waals surface area contributed by atoms with Gasteiger partial charge in [0.15, 0.2) is 0 Å². The van der Waals surface area contributed by atoms with E-state index in [1.807, 2.05) is 20.8 Å². The summed E-state index contributed by atoms with van der Waals surface area (Å²) < 4.78 is 42.5. The van der Waals surface area contributed by atoms with Gasteiger partial charge in [-0.2, -0.15) is 13.2 Å². The van der Waals surface area contributed by atoms with E-state index in [0.717, 1.165) is 4.90 Å². The van der Waals surface area contributed by atoms with Gasteiger partial charge in [-0.25, -0.2) is 4.98 Å². The van der Waals surface area contributed by atoms with Crippen molar-refractivity contribution in [3.05, 3.63) is 17.8 Å². The fourth-order valence-corrected chi connectivity index (χ4v) is 1.53. The fourth-order valence-electron chi connectivity index (χ4n) is 1.53. The molecule has 0 radical (unpaired) electrons. The summed E-state index contributed by atoms with van der Waals surface area (Å²) in [6, 6.07) is 0. The quantitative estimate of drug-likeness (QED) is 0.903. The molecule has 0 spiro atoms. The summed E-state index contributed by atoms with van der Waals surface area (Å²) in [5.74, 6) is -0.730. The molecule has 1 heterocycles. The smallest absolute Gasteiger partial charge is 0.401 e. The van der Waals surface area contributed by atoms with Crippen molar-refractivity contribution in [1.82, 2.24) is 9.88 Å². The summed E-state index contributed by atoms with van der Waals surface area (Å²) in [5, 5.41) is 8.63. The van der Waals surface area contributed by atoms with Crippen LogP contribution in [0, 0.1) is 0 Å². The predicted octanol–water partition coefficient (Wildman–Crippen LogP) is 2.42. The van der Waals surface area contributed by atoms with E-state index >= 15 is 0 Å². The van der Waals surface area contributed by atoms with Gasteiger partial charge in [0.05, 0.1) is 25.8 Å². The SMILES string of the molecule is CC(C)(C)c1cnc(CN(CC(=O)O)CC(F)(F)F)o1. The Morgan fingerprint density at radius 1 is 1.40 bits per heavy atom. The van der Waals surface area contributed by atoms with Crippen molar-refractivity contribution in [1.29, 1.82) is 0 Å². The molecule has 0 atom stereocenters. The molecule has 20 heavy (non-hydrogen) atoms. The van der Waals surface area contributed by atoms with Crippen LogP contribution in [-0.2, 0) is 16.8 Å². The van der Waals surface area contributed by atoms with Gasteiger partial charge in [0.1, 0.15) is 5.76 Å². The Morgan fingerprint density at radius 3 is 2.40 bits per heavy atom. The molecule has 1 N–H and O–H groups in total. The number of aliphatic carboxylic acids is 1. The standard InChI is InChI=1S/C12H17F3N2O3/c1-11(2,3)8-4-16-9(20-8)5-17(6-10(18)19)7-12(13,14)15/h4H,5-7H2,1-3H3,(H,18,19). The Balaban J connectivity index is 2.79. The number of carboxylic acids is 1. The molecule has 0 aliphatic rings. The lowest BCUT2D eigenvalue weighted by atomic mass is 9.94. The Morgan fingerprint density at radius 2 is 2.00 bits per heavy atom. The molecule has 5 nitrogen and oxygen atoms in total. The molecule has 1 aromatic heterocycles. The summed E-state index contributed by atoms with van der Waals surface area (Å²) in [6.07, 6.45) is -3.03. The van der Waals surface area contributed by atoms with Gasteiger partial charge >= 0.3 is 12.1 Å². The summed E-state index contributed by atoms with van der Waals surface area (Å²) >= 11 is 0. The molecule has 0 unspecified atom stereocenters. The second-order valence-electron chi connectivity index (χ2n) is 5.52. The zero-order valence-corrected chi connectivity index (χ0v) is 11.5. The molecule has 0 fully saturated rings. The molecule has 0 aromatic carbocycles. The third kappa shape index (κ3) is 5.60. The van der Waals surface area contributed by atoms with Crippen LogP contribution in [0.2, 0.25) is 0 Å². The lowest BCUT2D eigenvalue weighted by Gasteiger charge is -2.20. The van der Waals surface area contributed by atoms with Crippen molar-refractivity contribution in [3.8, 4) is 0 Å². The van der Waals surface area contributed by atoms with Gasteiger partial charge in [0.2, 0.25) is 5.89 Å². The van der Waals surface area contributed by atoms with Crippen LogP contribution in [0.3, 0.4) is 0 Å². The highest BCUT2D eigenvalue weighted by molar-refractivity contribution is 5.69. The highest BCUT2D eigenvalue weighted by Gasteiger charge is 2.32. The fraction of sp³-hybridized carbons (Fsp3) is 0.667. The maximum atomic E-state index is 12.4. The Kier molecular flexibility index (Phi) is 4.80. The van der Waals surface area contributed by atoms with Crippen molar-refractivity contribution in [2.75, 3.05) is 13.1 Å². The van der Waals surface area contributed by atoms with Gasteiger partial charge in [-0.3, -0.25) is 9.69 Å². The molecule has 0 aliphatic heterocycles. The minimum absolute atomic E-state index is 0.0698. The first kappa shape index (κ1) is 16.5. The Hall–Kier alpha value is -1.57. The van der Waals surface area contributed by atoms with Gasteiger partial charge in [-0.1, -0.05) is 20.8 Å². The summed E-state index contributed by atoms with van der Waals surface area (Å²) in [7, 11) is 0. The van der Waals surface area contributed by atoms with Crippen molar-refractivity contribution < 1.29 is 27.5 Å². The van der Waals surface area contributed by atoms with E-state index < -0.39 is 25.2 Å². The average Bonchev–Trinajstić information content (AvgIpc) is 2.61. The van der Waals surface area contributed by atoms with Crippen LogP contribution >= 0.6 is 0 Å². The summed E-state index contributed by atoms with van der Waals surface area (Å²) in [5.41, 5.74) is -0.313. The predicted molar refractivity (Wildman–Crippen MR) is 64.2 cm³/mol. The molecule has 0 amide bonds. The van der Waals surface area contributed by atoms with Crippen LogP contribution in [0.4, 0.5) is 13.2 Å². The van der Waals surface area contributed by atoms with E-state index in [1.54, 1.807) is 0 Å². The Labute approximate surface area is 114 Å². The third-order valence-corrected chi connectivity index (χ3v) is 2.41. The first-order valence-corrected chi connectivity index (χ1v) is 5.93. The van der Waals surface area contributed by atoms with Crippen LogP contribution in [0.25, 0.3) is 0 Å². The first-order valence-electron chi connectivity index (χ1n) is 5.93. The van der Waals surface area contributed by atoms with Crippen LogP contribution in [0.5, 0.6) is 0 Å². The molecule has 1 aromatic rings. The zero-order chi connectivity index (χ0) is 15.6. The normalized spacial score (nSPS) is 12.9. The minimum Gasteiger partial charge on any atom is -0.480 e. The molecule has 0 aliphatic carbocycles. The van der Waals surface area contributed by atoms with Gasteiger partial charge < -0.3 is 9.52 Å². The van der Waals surface area contributed by atoms with Gasteiger partial charge in [-0.15, -0.1) is 0 Å². The second-order valence-corrected chi connectivity index (χ2v) is 5.52. The molecule has 114 valence electrons. The number of alkyl halides is 3. The number of hydrogen-bond donors (Lipinski definition) is 1. The minimum atomic E-state index is -4.48. The van der Waals surface area contributed by atoms with E-state index in [-0.39, 0.29) is 17.9 Å². The molecule has 8 heteroatoms. The zero-order valence-electron chi connectivity index (χ0n) is 11.5. The highest BCUT2D eigenvalue weighted by Crippen LogP contribution is 2.24. The van der Waals surface area contributed by atoms with Gasteiger partial charge in [-0.05, 0) is 0 Å². The molecule has 0 saturated heterocycles. The van der Waals surface area contributed by atoms with Crippen molar-refractivity contribution >= 4 is 5.97 Å². The van der Waals surface area contributed by atoms with E-state index in [1.165, 1.54) is 6.20 Å². The number of carboxylic acid groups (broad SMARTS) is 1. The van der Waals surface area contributed by atoms with Crippen LogP contribution in [-0.4, -0.2) is 40.2 Å². The highest BCUT2D eigenvalue weighted by atomic mass is 19.4. The second kappa shape index (κ2) is 5.82. The summed E-state index contributed by atoms with van der Waals surface area (Å²) in [4.78, 5) is 15.2. The number of oxazole rings is 1. The number of rotatable bonds is 5. The molecule has 1 rings (SSSR count). The number of hydrogen-bond acceptors (Lipinski definition) is 4. The lowest BCUT2D eigenvalue weighted by Crippen LogP contribution is -2.37.